The molecule has 0 bridgehead atoms. The van der Waals surface area contributed by atoms with E-state index < -0.39 is 10.0 Å². The standard InChI is InChI=1S/C15H26N2O3S/c1-5-6-15(7-8-15)10-17-21(18,19)14-12(3)20-11(2)13(14)9-16-4/h16-17H,5-10H2,1-4H3. The Morgan fingerprint density at radius 2 is 1.90 bits per heavy atom. The van der Waals surface area contributed by atoms with Crippen molar-refractivity contribution in [3.63, 3.8) is 0 Å². The third-order valence-electron chi connectivity index (χ3n) is 4.32. The van der Waals surface area contributed by atoms with Crippen molar-refractivity contribution in [2.24, 2.45) is 5.41 Å². The molecule has 1 aliphatic carbocycles. The van der Waals surface area contributed by atoms with Gasteiger partial charge in [-0.25, -0.2) is 13.1 Å². The summed E-state index contributed by atoms with van der Waals surface area (Å²) in [6.07, 6.45) is 4.42. The molecule has 1 aromatic heterocycles. The first-order valence-corrected chi connectivity index (χ1v) is 9.06. The van der Waals surface area contributed by atoms with Gasteiger partial charge in [0.1, 0.15) is 16.4 Å². The number of sulfonamides is 1. The molecule has 1 saturated carbocycles. The van der Waals surface area contributed by atoms with Crippen LogP contribution in [0.15, 0.2) is 9.31 Å². The van der Waals surface area contributed by atoms with Crippen LogP contribution in [0.3, 0.4) is 0 Å². The molecule has 0 aliphatic heterocycles. The second-order valence-corrected chi connectivity index (χ2v) is 7.83. The summed E-state index contributed by atoms with van der Waals surface area (Å²) in [6.45, 7) is 6.67. The number of aryl methyl sites for hydroxylation is 2. The summed E-state index contributed by atoms with van der Waals surface area (Å²) in [4.78, 5) is 0.307. The van der Waals surface area contributed by atoms with Crippen molar-refractivity contribution >= 4 is 10.0 Å². The Bertz CT molecular complexity index is 601. The summed E-state index contributed by atoms with van der Waals surface area (Å²) < 4.78 is 33.6. The minimum atomic E-state index is -3.52. The molecule has 0 saturated heterocycles. The molecule has 1 heterocycles. The van der Waals surface area contributed by atoms with Crippen molar-refractivity contribution < 1.29 is 12.8 Å². The molecule has 5 nitrogen and oxygen atoms in total. The van der Waals surface area contributed by atoms with E-state index in [9.17, 15) is 8.42 Å². The van der Waals surface area contributed by atoms with Crippen molar-refractivity contribution in [1.82, 2.24) is 10.0 Å². The Hall–Kier alpha value is -0.850. The van der Waals surface area contributed by atoms with Crippen LogP contribution in [0.2, 0.25) is 0 Å². The van der Waals surface area contributed by atoms with Gasteiger partial charge in [-0.1, -0.05) is 13.3 Å². The largest absolute Gasteiger partial charge is 0.465 e. The second-order valence-electron chi connectivity index (χ2n) is 6.13. The van der Waals surface area contributed by atoms with Gasteiger partial charge >= 0.3 is 0 Å². The molecule has 6 heteroatoms. The van der Waals surface area contributed by atoms with Crippen molar-refractivity contribution in [2.75, 3.05) is 13.6 Å². The van der Waals surface area contributed by atoms with Crippen LogP contribution in [0.1, 0.15) is 49.7 Å². The second kappa shape index (κ2) is 6.10. The lowest BCUT2D eigenvalue weighted by atomic mass is 10.0. The van der Waals surface area contributed by atoms with E-state index in [0.717, 1.165) is 31.2 Å². The van der Waals surface area contributed by atoms with E-state index in [1.165, 1.54) is 0 Å². The molecule has 2 rings (SSSR count). The zero-order valence-corrected chi connectivity index (χ0v) is 14.2. The number of nitrogens with one attached hydrogen (secondary N) is 2. The predicted molar refractivity (Wildman–Crippen MR) is 82.7 cm³/mol. The SMILES string of the molecule is CCCC1(CNS(=O)(=O)c2c(C)oc(C)c2CNC)CC1. The minimum absolute atomic E-state index is 0.192. The third-order valence-corrected chi connectivity index (χ3v) is 5.92. The van der Waals surface area contributed by atoms with Crippen molar-refractivity contribution in [1.29, 1.82) is 0 Å². The molecular formula is C15H26N2O3S. The van der Waals surface area contributed by atoms with Gasteiger partial charge in [-0.15, -0.1) is 0 Å². The van der Waals surface area contributed by atoms with E-state index in [-0.39, 0.29) is 5.41 Å². The number of hydrogen-bond donors (Lipinski definition) is 2. The summed E-state index contributed by atoms with van der Waals surface area (Å²) in [7, 11) is -1.72. The molecule has 120 valence electrons. The fourth-order valence-corrected chi connectivity index (χ4v) is 4.59. The summed E-state index contributed by atoms with van der Waals surface area (Å²) in [5, 5.41) is 3.00. The predicted octanol–water partition coefficient (Wildman–Crippen LogP) is 2.47. The Kier molecular flexibility index (Phi) is 4.80. The van der Waals surface area contributed by atoms with Gasteiger partial charge in [0.2, 0.25) is 10.0 Å². The molecule has 0 unspecified atom stereocenters. The Morgan fingerprint density at radius 3 is 2.43 bits per heavy atom. The lowest BCUT2D eigenvalue weighted by molar-refractivity contribution is 0.448. The van der Waals surface area contributed by atoms with E-state index in [4.69, 9.17) is 4.42 Å². The van der Waals surface area contributed by atoms with Gasteiger partial charge < -0.3 is 9.73 Å². The zero-order valence-electron chi connectivity index (χ0n) is 13.4. The average Bonchev–Trinajstić information content (AvgIpc) is 3.10. The molecule has 0 radical (unpaired) electrons. The molecule has 0 atom stereocenters. The monoisotopic (exact) mass is 314 g/mol. The van der Waals surface area contributed by atoms with Gasteiger partial charge in [0.05, 0.1) is 0 Å². The highest BCUT2D eigenvalue weighted by atomic mass is 32.2. The van der Waals surface area contributed by atoms with Gasteiger partial charge in [0.25, 0.3) is 0 Å². The van der Waals surface area contributed by atoms with Crippen LogP contribution in [0, 0.1) is 19.3 Å². The van der Waals surface area contributed by atoms with E-state index in [2.05, 4.69) is 17.0 Å². The highest BCUT2D eigenvalue weighted by Gasteiger charge is 2.42. The topological polar surface area (TPSA) is 71.3 Å². The Morgan fingerprint density at radius 1 is 1.24 bits per heavy atom. The van der Waals surface area contributed by atoms with Crippen molar-refractivity contribution in [3.05, 3.63) is 17.1 Å². The van der Waals surface area contributed by atoms with Crippen LogP contribution in [-0.4, -0.2) is 22.0 Å². The first-order chi connectivity index (χ1) is 9.85. The van der Waals surface area contributed by atoms with E-state index in [1.54, 1.807) is 20.9 Å². The lowest BCUT2D eigenvalue weighted by Gasteiger charge is -2.15. The van der Waals surface area contributed by atoms with E-state index in [1.807, 2.05) is 0 Å². The normalized spacial score (nSPS) is 17.1. The molecule has 0 spiro atoms. The van der Waals surface area contributed by atoms with Crippen LogP contribution in [-0.2, 0) is 16.6 Å². The summed E-state index contributed by atoms with van der Waals surface area (Å²) in [6, 6.07) is 0. The van der Waals surface area contributed by atoms with Crippen LogP contribution in [0.5, 0.6) is 0 Å². The molecule has 2 N–H and O–H groups in total. The van der Waals surface area contributed by atoms with E-state index in [0.29, 0.717) is 29.5 Å². The number of rotatable bonds is 8. The maximum atomic E-state index is 12.6. The first-order valence-electron chi connectivity index (χ1n) is 7.58. The molecule has 1 aliphatic rings. The molecular weight excluding hydrogens is 288 g/mol. The van der Waals surface area contributed by atoms with Crippen molar-refractivity contribution in [2.45, 2.75) is 57.9 Å². The summed E-state index contributed by atoms with van der Waals surface area (Å²) in [5.41, 5.74) is 0.917. The molecule has 0 aromatic carbocycles. The first kappa shape index (κ1) is 16.5. The maximum absolute atomic E-state index is 12.6. The van der Waals surface area contributed by atoms with Crippen LogP contribution < -0.4 is 10.0 Å². The van der Waals surface area contributed by atoms with Crippen LogP contribution >= 0.6 is 0 Å². The van der Waals surface area contributed by atoms with E-state index >= 15 is 0 Å². The third kappa shape index (κ3) is 3.49. The highest BCUT2D eigenvalue weighted by molar-refractivity contribution is 7.89. The molecule has 1 fully saturated rings. The molecule has 0 amide bonds. The van der Waals surface area contributed by atoms with Gasteiger partial charge in [0.15, 0.2) is 0 Å². The zero-order chi connectivity index (χ0) is 15.7. The average molecular weight is 314 g/mol. The number of hydrogen-bond acceptors (Lipinski definition) is 4. The summed E-state index contributed by atoms with van der Waals surface area (Å²) >= 11 is 0. The fourth-order valence-electron chi connectivity index (χ4n) is 2.99. The highest BCUT2D eigenvalue weighted by Crippen LogP contribution is 2.49. The van der Waals surface area contributed by atoms with Gasteiger partial charge in [0, 0.05) is 18.7 Å². The fraction of sp³-hybridized carbons (Fsp3) is 0.733. The lowest BCUT2D eigenvalue weighted by Crippen LogP contribution is -2.31. The maximum Gasteiger partial charge on any atom is 0.244 e. The van der Waals surface area contributed by atoms with Gasteiger partial charge in [-0.2, -0.15) is 0 Å². The Balaban J connectivity index is 2.20. The van der Waals surface area contributed by atoms with Crippen LogP contribution in [0.25, 0.3) is 0 Å². The Labute approximate surface area is 127 Å². The van der Waals surface area contributed by atoms with Crippen molar-refractivity contribution in [3.8, 4) is 0 Å². The van der Waals surface area contributed by atoms with Gasteiger partial charge in [-0.3, -0.25) is 0 Å². The quantitative estimate of drug-likeness (QED) is 0.773. The summed E-state index contributed by atoms with van der Waals surface area (Å²) in [5.74, 6) is 1.13. The van der Waals surface area contributed by atoms with Gasteiger partial charge in [-0.05, 0) is 45.6 Å². The molecule has 21 heavy (non-hydrogen) atoms. The number of furan rings is 1. The molecule has 1 aromatic rings. The van der Waals surface area contributed by atoms with Crippen LogP contribution in [0.4, 0.5) is 0 Å². The minimum Gasteiger partial charge on any atom is -0.465 e. The smallest absolute Gasteiger partial charge is 0.244 e.